The summed E-state index contributed by atoms with van der Waals surface area (Å²) in [6, 6.07) is 14.4. The van der Waals surface area contributed by atoms with Crippen LogP contribution >= 0.6 is 11.3 Å². The first-order valence-corrected chi connectivity index (χ1v) is 10.8. The van der Waals surface area contributed by atoms with Crippen molar-refractivity contribution in [3.63, 3.8) is 0 Å². The van der Waals surface area contributed by atoms with Crippen molar-refractivity contribution < 1.29 is 18.8 Å². The highest BCUT2D eigenvalue weighted by Crippen LogP contribution is 2.29. The third-order valence-corrected chi connectivity index (χ3v) is 6.03. The number of hydrogen-bond acceptors (Lipinski definition) is 5. The van der Waals surface area contributed by atoms with Crippen molar-refractivity contribution in [3.8, 4) is 0 Å². The van der Waals surface area contributed by atoms with Crippen LogP contribution in [0.1, 0.15) is 31.3 Å². The fourth-order valence-electron chi connectivity index (χ4n) is 3.29. The standard InChI is InChI=1S/C23H20FN5O3S/c1-13-18-10-19(33-23(18)29(28-13)12-14-5-7-16(24)8-6-14)22(32)27-17-4-2-3-15(9-17)21(31)26-11-20(25)30/h2-10H,11-12H2,1H3,(H2,25,30)(H,26,31)(H,27,32). The predicted molar refractivity (Wildman–Crippen MR) is 124 cm³/mol. The lowest BCUT2D eigenvalue weighted by atomic mass is 10.2. The van der Waals surface area contributed by atoms with Crippen molar-refractivity contribution in [2.24, 2.45) is 5.73 Å². The average molecular weight is 466 g/mol. The minimum absolute atomic E-state index is 0.272. The zero-order valence-electron chi connectivity index (χ0n) is 17.6. The lowest BCUT2D eigenvalue weighted by Crippen LogP contribution is -2.33. The van der Waals surface area contributed by atoms with Crippen molar-refractivity contribution in [3.05, 3.63) is 82.1 Å². The fourth-order valence-corrected chi connectivity index (χ4v) is 4.35. The highest BCUT2D eigenvalue weighted by molar-refractivity contribution is 7.20. The molecule has 2 aromatic heterocycles. The molecule has 0 aliphatic heterocycles. The van der Waals surface area contributed by atoms with E-state index in [-0.39, 0.29) is 23.8 Å². The van der Waals surface area contributed by atoms with Gasteiger partial charge < -0.3 is 16.4 Å². The molecule has 0 saturated heterocycles. The summed E-state index contributed by atoms with van der Waals surface area (Å²) in [5.41, 5.74) is 7.45. The number of halogens is 1. The Kier molecular flexibility index (Phi) is 6.18. The number of hydrogen-bond donors (Lipinski definition) is 3. The van der Waals surface area contributed by atoms with Crippen LogP contribution < -0.4 is 16.4 Å². The number of carbonyl (C=O) groups is 3. The highest BCUT2D eigenvalue weighted by atomic mass is 32.1. The monoisotopic (exact) mass is 465 g/mol. The van der Waals surface area contributed by atoms with E-state index in [1.165, 1.54) is 29.5 Å². The molecule has 0 unspecified atom stereocenters. The highest BCUT2D eigenvalue weighted by Gasteiger charge is 2.17. The zero-order chi connectivity index (χ0) is 23.5. The summed E-state index contributed by atoms with van der Waals surface area (Å²) in [6.45, 7) is 2.05. The first-order valence-electron chi connectivity index (χ1n) is 9.99. The minimum atomic E-state index is -0.647. The smallest absolute Gasteiger partial charge is 0.265 e. The van der Waals surface area contributed by atoms with E-state index in [2.05, 4.69) is 15.7 Å². The Morgan fingerprint density at radius 1 is 1.09 bits per heavy atom. The summed E-state index contributed by atoms with van der Waals surface area (Å²) in [5, 5.41) is 10.6. The van der Waals surface area contributed by atoms with Crippen molar-refractivity contribution >= 4 is 45.0 Å². The lowest BCUT2D eigenvalue weighted by molar-refractivity contribution is -0.117. The van der Waals surface area contributed by atoms with Crippen molar-refractivity contribution in [1.29, 1.82) is 0 Å². The van der Waals surface area contributed by atoms with Gasteiger partial charge in [0.2, 0.25) is 5.91 Å². The molecular formula is C23H20FN5O3S. The number of aromatic nitrogens is 2. The van der Waals surface area contributed by atoms with Gasteiger partial charge in [-0.3, -0.25) is 19.1 Å². The molecule has 0 spiro atoms. The Bertz CT molecular complexity index is 1360. The van der Waals surface area contributed by atoms with Gasteiger partial charge in [-0.1, -0.05) is 18.2 Å². The molecule has 8 nitrogen and oxygen atoms in total. The van der Waals surface area contributed by atoms with Crippen LogP contribution in [0.4, 0.5) is 10.1 Å². The van der Waals surface area contributed by atoms with Crippen LogP contribution in [-0.2, 0) is 11.3 Å². The number of carbonyl (C=O) groups excluding carboxylic acids is 3. The molecule has 0 aliphatic rings. The summed E-state index contributed by atoms with van der Waals surface area (Å²) in [6.07, 6.45) is 0. The second-order valence-corrected chi connectivity index (χ2v) is 8.41. The summed E-state index contributed by atoms with van der Waals surface area (Å²) < 4.78 is 15.0. The second-order valence-electron chi connectivity index (χ2n) is 7.38. The van der Waals surface area contributed by atoms with E-state index in [4.69, 9.17) is 5.73 Å². The third kappa shape index (κ3) is 5.07. The predicted octanol–water partition coefficient (Wildman–Crippen LogP) is 3.06. The maximum atomic E-state index is 13.2. The molecular weight excluding hydrogens is 445 g/mol. The Balaban J connectivity index is 1.52. The number of nitrogens with two attached hydrogens (primary N) is 1. The van der Waals surface area contributed by atoms with Crippen molar-refractivity contribution in [1.82, 2.24) is 15.1 Å². The van der Waals surface area contributed by atoms with E-state index in [1.807, 2.05) is 6.92 Å². The van der Waals surface area contributed by atoms with Gasteiger partial charge in [-0.15, -0.1) is 11.3 Å². The number of amides is 3. The Hall–Kier alpha value is -4.05. The zero-order valence-corrected chi connectivity index (χ0v) is 18.4. The van der Waals surface area contributed by atoms with Gasteiger partial charge in [-0.2, -0.15) is 5.10 Å². The number of rotatable bonds is 7. The molecule has 0 atom stereocenters. The van der Waals surface area contributed by atoms with Crippen LogP contribution in [0.5, 0.6) is 0 Å². The van der Waals surface area contributed by atoms with E-state index in [0.29, 0.717) is 17.1 Å². The van der Waals surface area contributed by atoms with E-state index in [1.54, 1.807) is 41.1 Å². The largest absolute Gasteiger partial charge is 0.368 e. The van der Waals surface area contributed by atoms with E-state index in [9.17, 15) is 18.8 Å². The van der Waals surface area contributed by atoms with Crippen LogP contribution in [0, 0.1) is 12.7 Å². The number of primary amides is 1. The SMILES string of the molecule is Cc1nn(Cc2ccc(F)cc2)c2sc(C(=O)Nc3cccc(C(=O)NCC(N)=O)c3)cc12. The Labute approximate surface area is 192 Å². The maximum absolute atomic E-state index is 13.2. The molecule has 4 aromatic rings. The molecule has 0 radical (unpaired) electrons. The molecule has 0 saturated carbocycles. The number of benzene rings is 2. The van der Waals surface area contributed by atoms with Crippen LogP contribution in [0.15, 0.2) is 54.6 Å². The van der Waals surface area contributed by atoms with Gasteiger partial charge in [0.15, 0.2) is 0 Å². The summed E-state index contributed by atoms with van der Waals surface area (Å²) in [5.74, 6) is -1.74. The molecule has 10 heteroatoms. The first-order chi connectivity index (χ1) is 15.8. The second kappa shape index (κ2) is 9.21. The topological polar surface area (TPSA) is 119 Å². The van der Waals surface area contributed by atoms with Gasteiger partial charge in [0.05, 0.1) is 23.7 Å². The normalized spacial score (nSPS) is 10.8. The molecule has 33 heavy (non-hydrogen) atoms. The molecule has 4 N–H and O–H groups in total. The van der Waals surface area contributed by atoms with Gasteiger partial charge in [0, 0.05) is 16.6 Å². The molecule has 2 heterocycles. The van der Waals surface area contributed by atoms with Gasteiger partial charge in [-0.25, -0.2) is 4.39 Å². The van der Waals surface area contributed by atoms with Gasteiger partial charge >= 0.3 is 0 Å². The summed E-state index contributed by atoms with van der Waals surface area (Å²) in [4.78, 5) is 37.2. The first kappa shape index (κ1) is 22.2. The van der Waals surface area contributed by atoms with Crippen LogP contribution in [-0.4, -0.2) is 34.0 Å². The number of nitrogens with one attached hydrogen (secondary N) is 2. The molecule has 2 aromatic carbocycles. The molecule has 0 aliphatic carbocycles. The van der Waals surface area contributed by atoms with Crippen LogP contribution in [0.25, 0.3) is 10.2 Å². The molecule has 0 bridgehead atoms. The molecule has 3 amide bonds. The minimum Gasteiger partial charge on any atom is -0.368 e. The van der Waals surface area contributed by atoms with E-state index >= 15 is 0 Å². The number of nitrogens with zero attached hydrogens (tertiary/aromatic N) is 2. The van der Waals surface area contributed by atoms with Crippen LogP contribution in [0.2, 0.25) is 0 Å². The number of anilines is 1. The molecule has 168 valence electrons. The maximum Gasteiger partial charge on any atom is 0.265 e. The van der Waals surface area contributed by atoms with Gasteiger partial charge in [0.1, 0.15) is 10.6 Å². The van der Waals surface area contributed by atoms with E-state index < -0.39 is 11.8 Å². The average Bonchev–Trinajstić information content (AvgIpc) is 3.35. The molecule has 4 rings (SSSR count). The molecule has 0 fully saturated rings. The van der Waals surface area contributed by atoms with E-state index in [0.717, 1.165) is 21.5 Å². The van der Waals surface area contributed by atoms with Crippen molar-refractivity contribution in [2.45, 2.75) is 13.5 Å². The quantitative estimate of drug-likeness (QED) is 0.389. The number of aryl methyl sites for hydroxylation is 1. The Morgan fingerprint density at radius 3 is 2.58 bits per heavy atom. The summed E-state index contributed by atoms with van der Waals surface area (Å²) in [7, 11) is 0. The van der Waals surface area contributed by atoms with Crippen molar-refractivity contribution in [2.75, 3.05) is 11.9 Å². The number of fused-ring (bicyclic) bond motifs is 1. The third-order valence-electron chi connectivity index (χ3n) is 4.88. The van der Waals surface area contributed by atoms with Gasteiger partial charge in [0.25, 0.3) is 11.8 Å². The fraction of sp³-hybridized carbons (Fsp3) is 0.130. The number of thiophene rings is 1. The lowest BCUT2D eigenvalue weighted by Gasteiger charge is -2.07. The Morgan fingerprint density at radius 2 is 1.85 bits per heavy atom. The summed E-state index contributed by atoms with van der Waals surface area (Å²) >= 11 is 1.30. The van der Waals surface area contributed by atoms with Crippen LogP contribution in [0.3, 0.4) is 0 Å². The van der Waals surface area contributed by atoms with Gasteiger partial charge in [-0.05, 0) is 48.9 Å².